The first-order valence-corrected chi connectivity index (χ1v) is 12.3. The molecule has 4 heterocycles. The topological polar surface area (TPSA) is 90.1 Å². The minimum atomic E-state index is -0.211. The van der Waals surface area contributed by atoms with E-state index in [0.29, 0.717) is 35.2 Å². The van der Waals surface area contributed by atoms with Crippen molar-refractivity contribution in [2.75, 3.05) is 25.5 Å². The molecule has 1 saturated heterocycles. The zero-order valence-electron chi connectivity index (χ0n) is 19.4. The Morgan fingerprint density at radius 1 is 1.20 bits per heavy atom. The van der Waals surface area contributed by atoms with Crippen LogP contribution < -0.4 is 15.6 Å². The molecule has 35 heavy (non-hydrogen) atoms. The smallest absolute Gasteiger partial charge is 0.278 e. The van der Waals surface area contributed by atoms with Crippen LogP contribution in [0.3, 0.4) is 0 Å². The lowest BCUT2D eigenvalue weighted by Gasteiger charge is -2.29. The number of rotatable bonds is 7. The number of anilines is 2. The number of fused-ring (bicyclic) bond motifs is 1. The maximum absolute atomic E-state index is 13.2. The Hall–Kier alpha value is -3.50. The number of likely N-dealkylation sites (tertiary alicyclic amines) is 1. The van der Waals surface area contributed by atoms with Crippen LogP contribution >= 0.6 is 15.9 Å². The lowest BCUT2D eigenvalue weighted by atomic mass is 10.1. The average molecular weight is 536 g/mol. The van der Waals surface area contributed by atoms with Gasteiger partial charge in [-0.05, 0) is 44.2 Å². The van der Waals surface area contributed by atoms with Crippen LogP contribution in [-0.4, -0.2) is 55.5 Å². The zero-order chi connectivity index (χ0) is 24.4. The summed E-state index contributed by atoms with van der Waals surface area (Å²) in [6, 6.07) is 13.3. The van der Waals surface area contributed by atoms with Gasteiger partial charge in [0.15, 0.2) is 11.5 Å². The summed E-state index contributed by atoms with van der Waals surface area (Å²) < 4.78 is 10.4. The summed E-state index contributed by atoms with van der Waals surface area (Å²) in [5.41, 5.74) is 1.07. The van der Waals surface area contributed by atoms with Crippen molar-refractivity contribution in [1.82, 2.24) is 29.2 Å². The van der Waals surface area contributed by atoms with Crippen LogP contribution in [0.1, 0.15) is 12.8 Å². The second-order valence-corrected chi connectivity index (χ2v) is 9.42. The van der Waals surface area contributed by atoms with Gasteiger partial charge in [0.25, 0.3) is 5.56 Å². The number of nitrogens with one attached hydrogen (secondary N) is 1. The lowest BCUT2D eigenvalue weighted by Crippen LogP contribution is -2.35. The maximum atomic E-state index is 13.2. The van der Waals surface area contributed by atoms with Crippen molar-refractivity contribution >= 4 is 38.6 Å². The first-order valence-electron chi connectivity index (χ1n) is 11.5. The van der Waals surface area contributed by atoms with Crippen molar-refractivity contribution in [3.63, 3.8) is 0 Å². The van der Waals surface area contributed by atoms with Crippen LogP contribution in [0.15, 0.2) is 70.6 Å². The molecule has 1 aliphatic heterocycles. The summed E-state index contributed by atoms with van der Waals surface area (Å²) in [5.74, 6) is 1.44. The molecule has 1 N–H and O–H groups in total. The Morgan fingerprint density at radius 2 is 2.00 bits per heavy atom. The van der Waals surface area contributed by atoms with Crippen molar-refractivity contribution < 1.29 is 4.74 Å². The molecule has 1 fully saturated rings. The fourth-order valence-corrected chi connectivity index (χ4v) is 4.56. The number of allylic oxidation sites excluding steroid dienone is 1. The Kier molecular flexibility index (Phi) is 6.65. The molecule has 10 heteroatoms. The number of ether oxygens (including phenoxy) is 1. The predicted molar refractivity (Wildman–Crippen MR) is 140 cm³/mol. The van der Waals surface area contributed by atoms with Crippen molar-refractivity contribution in [2.24, 2.45) is 0 Å². The van der Waals surface area contributed by atoms with Gasteiger partial charge in [-0.15, -0.1) is 6.58 Å². The molecule has 3 aromatic heterocycles. The van der Waals surface area contributed by atoms with Crippen molar-refractivity contribution in [1.29, 1.82) is 0 Å². The molecule has 9 nitrogen and oxygen atoms in total. The van der Waals surface area contributed by atoms with Crippen LogP contribution in [0.4, 0.5) is 11.6 Å². The van der Waals surface area contributed by atoms with Gasteiger partial charge >= 0.3 is 0 Å². The molecular weight excluding hydrogens is 510 g/mol. The molecule has 0 aliphatic carbocycles. The fraction of sp³-hybridized carbons (Fsp3) is 0.280. The highest BCUT2D eigenvalue weighted by Crippen LogP contribution is 2.22. The quantitative estimate of drug-likeness (QED) is 0.355. The molecule has 0 unspecified atom stereocenters. The van der Waals surface area contributed by atoms with E-state index in [4.69, 9.17) is 9.72 Å². The first-order chi connectivity index (χ1) is 17.0. The van der Waals surface area contributed by atoms with Gasteiger partial charge in [0.05, 0.1) is 6.54 Å². The standard InChI is InChI=1S/C25H26BrN7O2/c1-3-12-32-24(34)20-16-27-25(28-18-7-4-6-17(26)15-18)30-23(20)33(32)21-8-5-9-22(29-21)35-19-10-13-31(2)14-11-19/h3-9,15-16,19H,1,10-14H2,2H3,(H,27,28,30). The predicted octanol–water partition coefficient (Wildman–Crippen LogP) is 4.14. The second-order valence-electron chi connectivity index (χ2n) is 8.51. The van der Waals surface area contributed by atoms with Gasteiger partial charge in [-0.3, -0.25) is 4.79 Å². The van der Waals surface area contributed by atoms with Crippen molar-refractivity contribution in [3.05, 3.63) is 76.1 Å². The molecule has 5 rings (SSSR count). The average Bonchev–Trinajstić information content (AvgIpc) is 3.12. The minimum Gasteiger partial charge on any atom is -0.474 e. The van der Waals surface area contributed by atoms with Crippen LogP contribution in [0.5, 0.6) is 5.88 Å². The van der Waals surface area contributed by atoms with Crippen LogP contribution in [0.25, 0.3) is 16.9 Å². The van der Waals surface area contributed by atoms with E-state index in [1.54, 1.807) is 21.6 Å². The number of halogens is 1. The molecule has 0 amide bonds. The SMILES string of the molecule is C=CCn1c(=O)c2cnc(Nc3cccc(Br)c3)nc2n1-c1cccc(OC2CCN(C)CC2)n1. The van der Waals surface area contributed by atoms with Crippen LogP contribution in [0, 0.1) is 0 Å². The molecule has 4 aromatic rings. The Bertz CT molecular complexity index is 1420. The number of benzene rings is 1. The summed E-state index contributed by atoms with van der Waals surface area (Å²) in [6.07, 6.45) is 5.24. The van der Waals surface area contributed by atoms with Crippen LogP contribution in [0.2, 0.25) is 0 Å². The monoisotopic (exact) mass is 535 g/mol. The van der Waals surface area contributed by atoms with Crippen LogP contribution in [-0.2, 0) is 6.54 Å². The van der Waals surface area contributed by atoms with E-state index in [2.05, 4.69) is 49.7 Å². The van der Waals surface area contributed by atoms with Gasteiger partial charge in [0, 0.05) is 35.5 Å². The zero-order valence-corrected chi connectivity index (χ0v) is 21.0. The molecule has 0 saturated carbocycles. The van der Waals surface area contributed by atoms with Gasteiger partial charge in [-0.25, -0.2) is 14.3 Å². The summed E-state index contributed by atoms with van der Waals surface area (Å²) in [7, 11) is 2.12. The third kappa shape index (κ3) is 4.98. The van der Waals surface area contributed by atoms with Gasteiger partial charge in [0.1, 0.15) is 11.5 Å². The summed E-state index contributed by atoms with van der Waals surface area (Å²) in [6.45, 7) is 6.10. The summed E-state index contributed by atoms with van der Waals surface area (Å²) in [4.78, 5) is 29.3. The summed E-state index contributed by atoms with van der Waals surface area (Å²) in [5, 5.41) is 3.60. The molecule has 1 aromatic carbocycles. The molecule has 0 spiro atoms. The van der Waals surface area contributed by atoms with Gasteiger partial charge in [0.2, 0.25) is 11.8 Å². The van der Waals surface area contributed by atoms with E-state index >= 15 is 0 Å². The highest BCUT2D eigenvalue weighted by Gasteiger charge is 2.21. The highest BCUT2D eigenvalue weighted by atomic mass is 79.9. The van der Waals surface area contributed by atoms with Gasteiger partial charge in [-0.2, -0.15) is 9.97 Å². The molecule has 180 valence electrons. The van der Waals surface area contributed by atoms with E-state index in [9.17, 15) is 4.79 Å². The third-order valence-electron chi connectivity index (χ3n) is 5.94. The lowest BCUT2D eigenvalue weighted by molar-refractivity contribution is 0.110. The van der Waals surface area contributed by atoms with E-state index < -0.39 is 0 Å². The van der Waals surface area contributed by atoms with Crippen molar-refractivity contribution in [2.45, 2.75) is 25.5 Å². The molecule has 1 aliphatic rings. The number of aromatic nitrogens is 5. The number of piperidine rings is 1. The third-order valence-corrected chi connectivity index (χ3v) is 6.43. The number of hydrogen-bond donors (Lipinski definition) is 1. The molecule has 0 bridgehead atoms. The number of hydrogen-bond acceptors (Lipinski definition) is 7. The Labute approximate surface area is 211 Å². The molecule has 0 radical (unpaired) electrons. The van der Waals surface area contributed by atoms with E-state index in [0.717, 1.165) is 36.1 Å². The Morgan fingerprint density at radius 3 is 2.77 bits per heavy atom. The largest absolute Gasteiger partial charge is 0.474 e. The number of nitrogens with zero attached hydrogens (tertiary/aromatic N) is 6. The normalized spacial score (nSPS) is 14.8. The minimum absolute atomic E-state index is 0.119. The molecular formula is C25H26BrN7O2. The van der Waals surface area contributed by atoms with Crippen molar-refractivity contribution in [3.8, 4) is 11.7 Å². The van der Waals surface area contributed by atoms with E-state index in [1.807, 2.05) is 42.5 Å². The first kappa shape index (κ1) is 23.3. The van der Waals surface area contributed by atoms with Gasteiger partial charge in [-0.1, -0.05) is 34.1 Å². The number of pyridine rings is 1. The maximum Gasteiger partial charge on any atom is 0.278 e. The Balaban J connectivity index is 1.54. The second kappa shape index (κ2) is 10.0. The highest BCUT2D eigenvalue weighted by molar-refractivity contribution is 9.10. The van der Waals surface area contributed by atoms with E-state index in [-0.39, 0.29) is 11.7 Å². The molecule has 0 atom stereocenters. The van der Waals surface area contributed by atoms with Gasteiger partial charge < -0.3 is 15.0 Å². The fourth-order valence-electron chi connectivity index (χ4n) is 4.16. The van der Waals surface area contributed by atoms with E-state index in [1.165, 1.54) is 0 Å². The summed E-state index contributed by atoms with van der Waals surface area (Å²) >= 11 is 3.47.